The van der Waals surface area contributed by atoms with E-state index < -0.39 is 78.7 Å². The average Bonchev–Trinajstić information content (AvgIpc) is 2.81. The first-order chi connectivity index (χ1) is 17.2. The van der Waals surface area contributed by atoms with Crippen molar-refractivity contribution in [2.24, 2.45) is 0 Å². The Hall–Kier alpha value is -3.42. The summed E-state index contributed by atoms with van der Waals surface area (Å²) in [5.74, 6) is -10.8. The molecule has 0 unspecified atom stereocenters. The smallest absolute Gasteiger partial charge is 0.424 e. The Kier molecular flexibility index (Phi) is 8.42. The molecule has 0 bridgehead atoms. The number of esters is 2. The van der Waals surface area contributed by atoms with Gasteiger partial charge in [-0.15, -0.1) is 0 Å². The van der Waals surface area contributed by atoms with Crippen LogP contribution in [0.2, 0.25) is 0 Å². The van der Waals surface area contributed by atoms with E-state index in [-0.39, 0.29) is 11.0 Å². The second-order valence-corrected chi connectivity index (χ2v) is 10.1. The molecule has 0 saturated carbocycles. The molecule has 0 fully saturated rings. The molecule has 2 aromatic carbocycles. The van der Waals surface area contributed by atoms with Crippen molar-refractivity contribution in [3.05, 3.63) is 54.1 Å². The highest BCUT2D eigenvalue weighted by atomic mass is 32.2. The Labute approximate surface area is 209 Å². The van der Waals surface area contributed by atoms with E-state index in [1.165, 1.54) is 0 Å². The molecule has 38 heavy (non-hydrogen) atoms. The molecule has 210 valence electrons. The molecule has 0 amide bonds. The number of aliphatic hydroxyl groups is 1. The predicted molar refractivity (Wildman–Crippen MR) is 112 cm³/mol. The zero-order valence-electron chi connectivity index (χ0n) is 18.2. The number of alkyl halides is 6. The van der Waals surface area contributed by atoms with E-state index in [4.69, 9.17) is 9.66 Å². The molecule has 2 N–H and O–H groups in total. The Bertz CT molecular complexity index is 1490. The molecule has 0 aliphatic carbocycles. The summed E-state index contributed by atoms with van der Waals surface area (Å²) < 4.78 is 149. The first kappa shape index (κ1) is 30.8. The standard InChI is InChI=1S/C19H14F6O11S2/c1-10(8-26)15(27)34-9-35-16(28)13-6-2-5-12-11(13)4-3-7-14(12)36-38(32,33)19(24,25)17(20,21)18(22,23)37(29,30)31/h2-7,26H,1,8-9H2,(H,29,30,31). The number of aliphatic hydroxyl groups excluding tert-OH is 1. The average molecular weight is 596 g/mol. The van der Waals surface area contributed by atoms with E-state index in [1.54, 1.807) is 0 Å². The van der Waals surface area contributed by atoms with Crippen LogP contribution in [0.3, 0.4) is 0 Å². The molecule has 0 aromatic heterocycles. The van der Waals surface area contributed by atoms with Gasteiger partial charge in [-0.05, 0) is 17.5 Å². The molecule has 0 spiro atoms. The minimum atomic E-state index is -7.23. The fourth-order valence-electron chi connectivity index (χ4n) is 2.57. The van der Waals surface area contributed by atoms with Gasteiger partial charge in [0.25, 0.3) is 0 Å². The number of carbonyl (C=O) groups is 2. The Morgan fingerprint density at radius 1 is 0.868 bits per heavy atom. The van der Waals surface area contributed by atoms with E-state index in [1.807, 2.05) is 0 Å². The van der Waals surface area contributed by atoms with Gasteiger partial charge in [0.15, 0.2) is 5.75 Å². The van der Waals surface area contributed by atoms with Crippen LogP contribution in [0.15, 0.2) is 48.6 Å². The van der Waals surface area contributed by atoms with E-state index in [0.29, 0.717) is 6.07 Å². The number of rotatable bonds is 11. The monoisotopic (exact) mass is 596 g/mol. The third kappa shape index (κ3) is 5.40. The van der Waals surface area contributed by atoms with Crippen LogP contribution in [0.5, 0.6) is 5.75 Å². The molecule has 2 aromatic rings. The second-order valence-electron chi connectivity index (χ2n) is 7.02. The van der Waals surface area contributed by atoms with Crippen LogP contribution in [0.25, 0.3) is 10.8 Å². The van der Waals surface area contributed by atoms with E-state index >= 15 is 0 Å². The van der Waals surface area contributed by atoms with Gasteiger partial charge in [0.1, 0.15) is 0 Å². The van der Waals surface area contributed by atoms with Crippen LogP contribution in [0.1, 0.15) is 10.4 Å². The molecule has 19 heteroatoms. The summed E-state index contributed by atoms with van der Waals surface area (Å²) in [5.41, 5.74) is -0.816. The molecule has 0 aliphatic heterocycles. The predicted octanol–water partition coefficient (Wildman–Crippen LogP) is 2.46. The van der Waals surface area contributed by atoms with E-state index in [2.05, 4.69) is 20.2 Å². The van der Waals surface area contributed by atoms with Crippen molar-refractivity contribution in [3.63, 3.8) is 0 Å². The van der Waals surface area contributed by atoms with Crippen LogP contribution in [0.4, 0.5) is 26.3 Å². The Morgan fingerprint density at radius 2 is 1.42 bits per heavy atom. The fourth-order valence-corrected chi connectivity index (χ4v) is 4.02. The highest BCUT2D eigenvalue weighted by molar-refractivity contribution is 7.88. The van der Waals surface area contributed by atoms with Crippen LogP contribution >= 0.6 is 0 Å². The highest BCUT2D eigenvalue weighted by Crippen LogP contribution is 2.51. The molecule has 11 nitrogen and oxygen atoms in total. The SMILES string of the molecule is C=C(CO)C(=O)OCOC(=O)c1cccc2c(OS(=O)(=O)C(F)(F)C(F)(F)C(F)(F)S(=O)(=O)O)cccc12. The van der Waals surface area contributed by atoms with Crippen LogP contribution < -0.4 is 4.18 Å². The summed E-state index contributed by atoms with van der Waals surface area (Å²) in [6.45, 7) is 1.39. The number of ether oxygens (including phenoxy) is 2. The van der Waals surface area contributed by atoms with Gasteiger partial charge in [-0.3, -0.25) is 4.55 Å². The quantitative estimate of drug-likeness (QED) is 0.0975. The molecule has 2 rings (SSSR count). The van der Waals surface area contributed by atoms with Gasteiger partial charge in [-0.2, -0.15) is 43.2 Å². The number of halogens is 6. The zero-order chi connectivity index (χ0) is 29.3. The van der Waals surface area contributed by atoms with Gasteiger partial charge in [0, 0.05) is 5.39 Å². The number of hydrogen-bond donors (Lipinski definition) is 2. The zero-order valence-corrected chi connectivity index (χ0v) is 19.9. The molecule has 0 radical (unpaired) electrons. The van der Waals surface area contributed by atoms with Gasteiger partial charge in [-0.1, -0.05) is 30.8 Å². The first-order valence-electron chi connectivity index (χ1n) is 9.42. The summed E-state index contributed by atoms with van der Waals surface area (Å²) in [6, 6.07) is 5.55. The van der Waals surface area contributed by atoms with E-state index in [0.717, 1.165) is 30.3 Å². The summed E-state index contributed by atoms with van der Waals surface area (Å²) in [7, 11) is -14.3. The third-order valence-electron chi connectivity index (χ3n) is 4.53. The lowest BCUT2D eigenvalue weighted by Crippen LogP contribution is -2.61. The molecular weight excluding hydrogens is 582 g/mol. The lowest BCUT2D eigenvalue weighted by atomic mass is 10.0. The number of benzene rings is 2. The number of hydrogen-bond acceptors (Lipinski definition) is 10. The van der Waals surface area contributed by atoms with Crippen molar-refractivity contribution in [3.8, 4) is 5.75 Å². The van der Waals surface area contributed by atoms with Crippen LogP contribution in [-0.2, 0) is 34.5 Å². The lowest BCUT2D eigenvalue weighted by Gasteiger charge is -2.29. The maximum absolute atomic E-state index is 14.1. The first-order valence-corrected chi connectivity index (χ1v) is 12.3. The number of carbonyl (C=O) groups excluding carboxylic acids is 2. The van der Waals surface area contributed by atoms with Crippen molar-refractivity contribution in [2.45, 2.75) is 16.4 Å². The van der Waals surface area contributed by atoms with Crippen molar-refractivity contribution in [1.82, 2.24) is 0 Å². The van der Waals surface area contributed by atoms with Crippen LogP contribution in [0, 0.1) is 0 Å². The minimum absolute atomic E-state index is 0.311. The maximum atomic E-state index is 14.1. The van der Waals surface area contributed by atoms with Gasteiger partial charge in [0.2, 0.25) is 6.79 Å². The summed E-state index contributed by atoms with van der Waals surface area (Å²) in [6.07, 6.45) is 0. The van der Waals surface area contributed by atoms with Crippen molar-refractivity contribution in [2.75, 3.05) is 13.4 Å². The molecule has 0 heterocycles. The number of fused-ring (bicyclic) bond motifs is 1. The second kappa shape index (κ2) is 10.4. The summed E-state index contributed by atoms with van der Waals surface area (Å²) >= 11 is 0. The highest BCUT2D eigenvalue weighted by Gasteiger charge is 2.83. The van der Waals surface area contributed by atoms with E-state index in [9.17, 15) is 52.8 Å². The minimum Gasteiger partial charge on any atom is -0.424 e. The van der Waals surface area contributed by atoms with Crippen molar-refractivity contribution >= 4 is 42.9 Å². The summed E-state index contributed by atoms with van der Waals surface area (Å²) in [4.78, 5) is 23.7. The molecule has 0 aliphatic rings. The van der Waals surface area contributed by atoms with Gasteiger partial charge >= 0.3 is 48.6 Å². The van der Waals surface area contributed by atoms with Crippen molar-refractivity contribution in [1.29, 1.82) is 0 Å². The van der Waals surface area contributed by atoms with Gasteiger partial charge < -0.3 is 18.8 Å². The Morgan fingerprint density at radius 3 is 1.97 bits per heavy atom. The van der Waals surface area contributed by atoms with Crippen LogP contribution in [-0.4, -0.2) is 68.3 Å². The fraction of sp³-hybridized carbons (Fsp3) is 0.263. The topological polar surface area (TPSA) is 171 Å². The molecule has 0 atom stereocenters. The largest absolute Gasteiger partial charge is 0.450 e. The molecular formula is C19H14F6O11S2. The molecule has 0 saturated heterocycles. The van der Waals surface area contributed by atoms with Crippen molar-refractivity contribution < 1.29 is 76.1 Å². The Balaban J connectivity index is 2.43. The summed E-state index contributed by atoms with van der Waals surface area (Å²) in [5, 5.41) is -5.95. The van der Waals surface area contributed by atoms with Gasteiger partial charge in [-0.25, -0.2) is 9.59 Å². The lowest BCUT2D eigenvalue weighted by molar-refractivity contribution is -0.247. The normalized spacial score (nSPS) is 13.2. The van der Waals surface area contributed by atoms with Gasteiger partial charge in [0.05, 0.1) is 17.7 Å². The third-order valence-corrected chi connectivity index (χ3v) is 6.72. The maximum Gasteiger partial charge on any atom is 0.450 e.